The van der Waals surface area contributed by atoms with Crippen LogP contribution in [0, 0.1) is 35.6 Å². The average molecular weight is 267 g/mol. The first kappa shape index (κ1) is 13.9. The average Bonchev–Trinajstić information content (AvgIpc) is 2.49. The molecule has 0 bridgehead atoms. The molecule has 20 heavy (non-hydrogen) atoms. The van der Waals surface area contributed by atoms with Crippen LogP contribution in [0.2, 0.25) is 0 Å². The highest BCUT2D eigenvalue weighted by atomic mass is 15.3. The summed E-state index contributed by atoms with van der Waals surface area (Å²) in [6.45, 7) is 3.52. The van der Waals surface area contributed by atoms with Crippen molar-refractivity contribution in [2.45, 2.75) is 19.8 Å². The number of hydrogen-bond donors (Lipinski definition) is 1. The molecule has 1 aromatic rings. The highest BCUT2D eigenvalue weighted by Crippen LogP contribution is 2.17. The van der Waals surface area contributed by atoms with Gasteiger partial charge in [0, 0.05) is 24.7 Å². The molecule has 0 aliphatic carbocycles. The molecule has 5 nitrogen and oxygen atoms in total. The number of rotatable bonds is 1. The number of guanidine groups is 1. The Labute approximate surface area is 119 Å². The third kappa shape index (κ3) is 3.49. The van der Waals surface area contributed by atoms with Crippen molar-refractivity contribution in [3.05, 3.63) is 29.8 Å². The van der Waals surface area contributed by atoms with E-state index in [4.69, 9.17) is 10.5 Å². The van der Waals surface area contributed by atoms with Crippen LogP contribution >= 0.6 is 0 Å². The van der Waals surface area contributed by atoms with Crippen LogP contribution in [0.4, 0.5) is 5.69 Å². The molecular weight excluding hydrogens is 250 g/mol. The highest BCUT2D eigenvalue weighted by Gasteiger charge is 2.21. The Morgan fingerprint density at radius 1 is 1.25 bits per heavy atom. The number of nitriles is 2. The lowest BCUT2D eigenvalue weighted by atomic mass is 9.99. The monoisotopic (exact) mass is 267 g/mol. The predicted molar refractivity (Wildman–Crippen MR) is 77.8 cm³/mol. The van der Waals surface area contributed by atoms with Gasteiger partial charge in [0.25, 0.3) is 0 Å². The summed E-state index contributed by atoms with van der Waals surface area (Å²) < 4.78 is 0. The number of piperidine rings is 1. The molecule has 1 aromatic carbocycles. The predicted octanol–water partition coefficient (Wildman–Crippen LogP) is 2.48. The molecule has 1 aliphatic heterocycles. The van der Waals surface area contributed by atoms with Crippen LogP contribution in [0.15, 0.2) is 29.3 Å². The van der Waals surface area contributed by atoms with Gasteiger partial charge in [-0.2, -0.15) is 10.5 Å². The van der Waals surface area contributed by atoms with Gasteiger partial charge < -0.3 is 10.2 Å². The van der Waals surface area contributed by atoms with E-state index in [-0.39, 0.29) is 5.92 Å². The number of benzene rings is 1. The van der Waals surface area contributed by atoms with Crippen molar-refractivity contribution in [2.24, 2.45) is 10.9 Å². The van der Waals surface area contributed by atoms with E-state index in [1.807, 2.05) is 42.3 Å². The zero-order chi connectivity index (χ0) is 14.4. The Hall–Kier alpha value is -2.53. The van der Waals surface area contributed by atoms with Gasteiger partial charge in [-0.25, -0.2) is 0 Å². The van der Waals surface area contributed by atoms with E-state index in [1.165, 1.54) is 5.56 Å². The second-order valence-electron chi connectivity index (χ2n) is 4.92. The summed E-state index contributed by atoms with van der Waals surface area (Å²) in [4.78, 5) is 5.90. The largest absolute Gasteiger partial charge is 0.342 e. The van der Waals surface area contributed by atoms with Crippen molar-refractivity contribution in [3.8, 4) is 12.3 Å². The zero-order valence-corrected chi connectivity index (χ0v) is 11.5. The van der Waals surface area contributed by atoms with Gasteiger partial charge in [-0.05, 0) is 31.9 Å². The SMILES string of the molecule is Cc1ccc(N/C(=N/C#N)N2CCC(C#N)CC2)cc1. The molecule has 1 N–H and O–H groups in total. The molecule has 0 unspecified atom stereocenters. The minimum Gasteiger partial charge on any atom is -0.342 e. The van der Waals surface area contributed by atoms with E-state index in [0.717, 1.165) is 31.6 Å². The van der Waals surface area contributed by atoms with Gasteiger partial charge in [0.2, 0.25) is 12.2 Å². The molecule has 0 aromatic heterocycles. The van der Waals surface area contributed by atoms with Crippen molar-refractivity contribution in [1.29, 1.82) is 10.5 Å². The summed E-state index contributed by atoms with van der Waals surface area (Å²) in [6, 6.07) is 10.2. The van der Waals surface area contributed by atoms with E-state index in [1.54, 1.807) is 0 Å². The van der Waals surface area contributed by atoms with Gasteiger partial charge in [0.05, 0.1) is 6.07 Å². The van der Waals surface area contributed by atoms with Crippen molar-refractivity contribution in [2.75, 3.05) is 18.4 Å². The van der Waals surface area contributed by atoms with Crippen LogP contribution in [0.25, 0.3) is 0 Å². The Balaban J connectivity index is 2.05. The normalized spacial score (nSPS) is 16.4. The molecule has 0 amide bonds. The molecule has 5 heteroatoms. The maximum absolute atomic E-state index is 8.91. The summed E-state index contributed by atoms with van der Waals surface area (Å²) in [5, 5.41) is 20.9. The standard InChI is InChI=1S/C15H17N5/c1-12-2-4-14(5-3-12)19-15(18-11-17)20-8-6-13(10-16)7-9-20/h2-5,13H,6-9H2,1H3,(H,18,19). The lowest BCUT2D eigenvalue weighted by Crippen LogP contribution is -2.41. The van der Waals surface area contributed by atoms with Gasteiger partial charge in [-0.3, -0.25) is 0 Å². The van der Waals surface area contributed by atoms with Crippen LogP contribution in [-0.2, 0) is 0 Å². The quantitative estimate of drug-likeness (QED) is 0.482. The number of aryl methyl sites for hydroxylation is 1. The number of aliphatic imine (C=N–C) groups is 1. The lowest BCUT2D eigenvalue weighted by Gasteiger charge is -2.31. The highest BCUT2D eigenvalue weighted by molar-refractivity contribution is 5.94. The maximum atomic E-state index is 8.91. The third-order valence-electron chi connectivity index (χ3n) is 3.44. The molecular formula is C15H17N5. The van der Waals surface area contributed by atoms with Crippen molar-refractivity contribution in [1.82, 2.24) is 4.90 Å². The maximum Gasteiger partial charge on any atom is 0.214 e. The smallest absolute Gasteiger partial charge is 0.214 e. The summed E-state index contributed by atoms with van der Waals surface area (Å²) in [5.74, 6) is 0.682. The van der Waals surface area contributed by atoms with E-state index in [0.29, 0.717) is 5.96 Å². The van der Waals surface area contributed by atoms with Crippen molar-refractivity contribution < 1.29 is 0 Å². The first-order valence-corrected chi connectivity index (χ1v) is 6.68. The Kier molecular flexibility index (Phi) is 4.57. The number of likely N-dealkylation sites (tertiary alicyclic amines) is 1. The number of anilines is 1. The Morgan fingerprint density at radius 3 is 2.45 bits per heavy atom. The lowest BCUT2D eigenvalue weighted by molar-refractivity contribution is 0.302. The Morgan fingerprint density at radius 2 is 1.90 bits per heavy atom. The van der Waals surface area contributed by atoms with Crippen LogP contribution in [0.3, 0.4) is 0 Å². The fraction of sp³-hybridized carbons (Fsp3) is 0.400. The van der Waals surface area contributed by atoms with E-state index < -0.39 is 0 Å². The van der Waals surface area contributed by atoms with Crippen molar-refractivity contribution in [3.63, 3.8) is 0 Å². The van der Waals surface area contributed by atoms with E-state index in [2.05, 4.69) is 16.4 Å². The van der Waals surface area contributed by atoms with Crippen LogP contribution in [0.1, 0.15) is 18.4 Å². The van der Waals surface area contributed by atoms with Gasteiger partial charge in [-0.1, -0.05) is 17.7 Å². The molecule has 1 saturated heterocycles. The first-order chi connectivity index (χ1) is 9.72. The summed E-state index contributed by atoms with van der Waals surface area (Å²) in [6.07, 6.45) is 3.47. The fourth-order valence-electron chi connectivity index (χ4n) is 2.21. The fourth-order valence-corrected chi connectivity index (χ4v) is 2.21. The van der Waals surface area contributed by atoms with Gasteiger partial charge in [0.1, 0.15) is 0 Å². The van der Waals surface area contributed by atoms with Crippen LogP contribution in [0.5, 0.6) is 0 Å². The Bertz CT molecular complexity index is 553. The first-order valence-electron chi connectivity index (χ1n) is 6.68. The number of nitrogens with one attached hydrogen (secondary N) is 1. The summed E-state index contributed by atoms with van der Waals surface area (Å²) in [5.41, 5.74) is 2.09. The topological polar surface area (TPSA) is 75.2 Å². The second-order valence-corrected chi connectivity index (χ2v) is 4.92. The minimum absolute atomic E-state index is 0.119. The van der Waals surface area contributed by atoms with Gasteiger partial charge in [-0.15, -0.1) is 4.99 Å². The molecule has 1 heterocycles. The summed E-state index contributed by atoms with van der Waals surface area (Å²) in [7, 11) is 0. The van der Waals surface area contributed by atoms with Gasteiger partial charge in [0.15, 0.2) is 0 Å². The van der Waals surface area contributed by atoms with Crippen molar-refractivity contribution >= 4 is 11.6 Å². The van der Waals surface area contributed by atoms with Crippen LogP contribution < -0.4 is 5.32 Å². The second kappa shape index (κ2) is 6.58. The molecule has 0 spiro atoms. The molecule has 0 saturated carbocycles. The number of hydrogen-bond acceptors (Lipinski definition) is 3. The molecule has 1 aliphatic rings. The van der Waals surface area contributed by atoms with Crippen LogP contribution in [-0.4, -0.2) is 23.9 Å². The number of nitrogens with zero attached hydrogens (tertiary/aromatic N) is 4. The van der Waals surface area contributed by atoms with E-state index >= 15 is 0 Å². The molecule has 1 fully saturated rings. The van der Waals surface area contributed by atoms with E-state index in [9.17, 15) is 0 Å². The molecule has 2 rings (SSSR count). The summed E-state index contributed by atoms with van der Waals surface area (Å²) >= 11 is 0. The molecule has 0 radical (unpaired) electrons. The third-order valence-corrected chi connectivity index (χ3v) is 3.44. The van der Waals surface area contributed by atoms with Gasteiger partial charge >= 0.3 is 0 Å². The molecule has 0 atom stereocenters. The zero-order valence-electron chi connectivity index (χ0n) is 11.5. The molecule has 102 valence electrons. The minimum atomic E-state index is 0.119.